The number of imidazole rings is 1. The quantitative estimate of drug-likeness (QED) is 0.860. The number of aromatic amines is 1. The molecule has 2 aromatic rings. The number of likely N-dealkylation sites (tertiary alicyclic amines) is 1. The van der Waals surface area contributed by atoms with Gasteiger partial charge in [-0.15, -0.1) is 0 Å². The molecule has 1 spiro atoms. The second-order valence-electron chi connectivity index (χ2n) is 8.59. The molecule has 0 radical (unpaired) electrons. The number of amides is 1. The molecule has 7 nitrogen and oxygen atoms in total. The third-order valence-electron chi connectivity index (χ3n) is 6.40. The van der Waals surface area contributed by atoms with Crippen LogP contribution in [0.3, 0.4) is 0 Å². The van der Waals surface area contributed by atoms with Gasteiger partial charge in [0.2, 0.25) is 5.91 Å². The predicted octanol–water partition coefficient (Wildman–Crippen LogP) is 2.59. The van der Waals surface area contributed by atoms with Crippen LogP contribution in [0.15, 0.2) is 24.8 Å². The Labute approximate surface area is 167 Å². The summed E-state index contributed by atoms with van der Waals surface area (Å²) in [5.41, 5.74) is 2.45. The molecule has 7 heteroatoms. The van der Waals surface area contributed by atoms with Crippen molar-refractivity contribution in [1.29, 1.82) is 0 Å². The lowest BCUT2D eigenvalue weighted by molar-refractivity contribution is -0.138. The second-order valence-corrected chi connectivity index (χ2v) is 8.59. The van der Waals surface area contributed by atoms with Crippen molar-refractivity contribution in [2.45, 2.75) is 58.0 Å². The van der Waals surface area contributed by atoms with E-state index in [1.165, 1.54) is 11.4 Å². The van der Waals surface area contributed by atoms with E-state index in [4.69, 9.17) is 4.98 Å². The highest BCUT2D eigenvalue weighted by atomic mass is 16.2. The van der Waals surface area contributed by atoms with Crippen LogP contribution in [0.25, 0.3) is 0 Å². The molecule has 4 heterocycles. The number of fused-ring (bicyclic) bond motifs is 2. The molecule has 2 aliphatic heterocycles. The Morgan fingerprint density at radius 2 is 2.07 bits per heavy atom. The first-order valence-corrected chi connectivity index (χ1v) is 10.6. The molecular formula is C21H32N6O. The molecule has 1 fully saturated rings. The summed E-state index contributed by atoms with van der Waals surface area (Å²) in [7, 11) is 0. The molecule has 1 amide bonds. The maximum atomic E-state index is 13.2. The van der Waals surface area contributed by atoms with Gasteiger partial charge in [0.1, 0.15) is 6.04 Å². The van der Waals surface area contributed by atoms with E-state index >= 15 is 0 Å². The summed E-state index contributed by atoms with van der Waals surface area (Å²) in [5.74, 6) is 0.802. The number of piperidine rings is 1. The summed E-state index contributed by atoms with van der Waals surface area (Å²) in [4.78, 5) is 25.9. The molecule has 0 aliphatic carbocycles. The van der Waals surface area contributed by atoms with Crippen molar-refractivity contribution in [2.24, 2.45) is 5.92 Å². The maximum absolute atomic E-state index is 13.2. The van der Waals surface area contributed by atoms with Crippen molar-refractivity contribution in [3.05, 3.63) is 36.2 Å². The highest BCUT2D eigenvalue weighted by molar-refractivity contribution is 5.80. The number of nitrogens with one attached hydrogen (secondary N) is 1. The van der Waals surface area contributed by atoms with Crippen LogP contribution in [0.2, 0.25) is 0 Å². The van der Waals surface area contributed by atoms with Gasteiger partial charge in [0.05, 0.1) is 17.6 Å². The zero-order valence-corrected chi connectivity index (χ0v) is 17.3. The minimum atomic E-state index is -0.205. The lowest BCUT2D eigenvalue weighted by atomic mass is 9.78. The average Bonchev–Trinajstić information content (AvgIpc) is 3.37. The van der Waals surface area contributed by atoms with Crippen molar-refractivity contribution in [3.63, 3.8) is 0 Å². The lowest BCUT2D eigenvalue weighted by Gasteiger charge is -2.51. The van der Waals surface area contributed by atoms with E-state index in [1.807, 2.05) is 23.5 Å². The number of hydrogen-bond donors (Lipinski definition) is 1. The first-order chi connectivity index (χ1) is 13.5. The minimum absolute atomic E-state index is 0.0396. The number of hydrogen-bond acceptors (Lipinski definition) is 4. The van der Waals surface area contributed by atoms with E-state index in [9.17, 15) is 4.79 Å². The first-order valence-electron chi connectivity index (χ1n) is 10.6. The van der Waals surface area contributed by atoms with Crippen LogP contribution in [0, 0.1) is 5.92 Å². The Morgan fingerprint density at radius 3 is 2.71 bits per heavy atom. The molecule has 2 aromatic heterocycles. The molecule has 0 bridgehead atoms. The standard InChI is InChI=1S/C21H32N6O/c1-4-18(27-10-5-9-24-27)20(28)25-12-7-21(8-13-25)19-17(22-15-23-19)6-11-26(21)14-16(2)3/h5,9-10,15-16,18H,4,6-8,11-14H2,1-3H3,(H,22,23)/t18-/m0/s1. The Hall–Kier alpha value is -2.15. The lowest BCUT2D eigenvalue weighted by Crippen LogP contribution is -2.58. The fraction of sp³-hybridized carbons (Fsp3) is 0.667. The first kappa shape index (κ1) is 19.2. The molecule has 0 aromatic carbocycles. The number of nitrogens with zero attached hydrogens (tertiary/aromatic N) is 5. The van der Waals surface area contributed by atoms with E-state index < -0.39 is 0 Å². The summed E-state index contributed by atoms with van der Waals surface area (Å²) < 4.78 is 1.80. The van der Waals surface area contributed by atoms with Gasteiger partial charge in [0.15, 0.2) is 0 Å². The van der Waals surface area contributed by atoms with Gasteiger partial charge in [-0.3, -0.25) is 14.4 Å². The molecule has 152 valence electrons. The van der Waals surface area contributed by atoms with Crippen LogP contribution in [-0.4, -0.2) is 61.6 Å². The monoisotopic (exact) mass is 384 g/mol. The van der Waals surface area contributed by atoms with Crippen molar-refractivity contribution in [3.8, 4) is 0 Å². The molecule has 4 rings (SSSR count). The van der Waals surface area contributed by atoms with Crippen LogP contribution in [0.5, 0.6) is 0 Å². The Bertz CT molecular complexity index is 788. The third kappa shape index (κ3) is 3.26. The number of H-pyrrole nitrogens is 1. The van der Waals surface area contributed by atoms with Crippen molar-refractivity contribution < 1.29 is 4.79 Å². The molecule has 1 N–H and O–H groups in total. The summed E-state index contributed by atoms with van der Waals surface area (Å²) in [6.07, 6.45) is 9.14. The van der Waals surface area contributed by atoms with Gasteiger partial charge >= 0.3 is 0 Å². The van der Waals surface area contributed by atoms with Crippen LogP contribution < -0.4 is 0 Å². The molecule has 1 saturated heterocycles. The Balaban J connectivity index is 1.53. The smallest absolute Gasteiger partial charge is 0.247 e. The Morgan fingerprint density at radius 1 is 1.29 bits per heavy atom. The van der Waals surface area contributed by atoms with Gasteiger partial charge in [-0.05, 0) is 31.2 Å². The van der Waals surface area contributed by atoms with Crippen LogP contribution in [-0.2, 0) is 16.8 Å². The molecular weight excluding hydrogens is 352 g/mol. The van der Waals surface area contributed by atoms with Gasteiger partial charge in [0.25, 0.3) is 0 Å². The predicted molar refractivity (Wildman–Crippen MR) is 108 cm³/mol. The molecule has 0 unspecified atom stereocenters. The van der Waals surface area contributed by atoms with Crippen LogP contribution in [0.1, 0.15) is 57.5 Å². The minimum Gasteiger partial charge on any atom is -0.348 e. The van der Waals surface area contributed by atoms with E-state index in [0.717, 1.165) is 51.9 Å². The van der Waals surface area contributed by atoms with E-state index in [2.05, 4.69) is 35.8 Å². The topological polar surface area (TPSA) is 70.1 Å². The molecule has 2 aliphatic rings. The van der Waals surface area contributed by atoms with Gasteiger partial charge < -0.3 is 9.88 Å². The third-order valence-corrected chi connectivity index (χ3v) is 6.40. The largest absolute Gasteiger partial charge is 0.348 e. The fourth-order valence-electron chi connectivity index (χ4n) is 5.03. The van der Waals surface area contributed by atoms with Gasteiger partial charge in [-0.2, -0.15) is 5.10 Å². The summed E-state index contributed by atoms with van der Waals surface area (Å²) in [6, 6.07) is 1.68. The van der Waals surface area contributed by atoms with Crippen molar-refractivity contribution in [1.82, 2.24) is 29.5 Å². The Kier molecular flexibility index (Phi) is 5.27. The van der Waals surface area contributed by atoms with Crippen molar-refractivity contribution in [2.75, 3.05) is 26.2 Å². The van der Waals surface area contributed by atoms with Crippen LogP contribution in [0.4, 0.5) is 0 Å². The fourth-order valence-corrected chi connectivity index (χ4v) is 5.03. The maximum Gasteiger partial charge on any atom is 0.247 e. The molecule has 0 saturated carbocycles. The average molecular weight is 385 g/mol. The zero-order chi connectivity index (χ0) is 19.7. The summed E-state index contributed by atoms with van der Waals surface area (Å²) >= 11 is 0. The van der Waals surface area contributed by atoms with Gasteiger partial charge in [-0.25, -0.2) is 4.98 Å². The summed E-state index contributed by atoms with van der Waals surface area (Å²) in [5, 5.41) is 4.30. The van der Waals surface area contributed by atoms with E-state index in [-0.39, 0.29) is 17.5 Å². The zero-order valence-electron chi connectivity index (χ0n) is 17.3. The highest BCUT2D eigenvalue weighted by Crippen LogP contribution is 2.42. The number of carbonyl (C=O) groups excluding carboxylic acids is 1. The second kappa shape index (κ2) is 7.70. The number of aromatic nitrogens is 4. The number of carbonyl (C=O) groups is 1. The van der Waals surface area contributed by atoms with E-state index in [0.29, 0.717) is 5.92 Å². The van der Waals surface area contributed by atoms with Crippen LogP contribution >= 0.6 is 0 Å². The van der Waals surface area contributed by atoms with Crippen molar-refractivity contribution >= 4 is 5.91 Å². The highest BCUT2D eigenvalue weighted by Gasteiger charge is 2.47. The molecule has 1 atom stereocenters. The SMILES string of the molecule is CC[C@@H](C(=O)N1CCC2(CC1)c1nc[nH]c1CCN2CC(C)C)n1cccn1. The van der Waals surface area contributed by atoms with Gasteiger partial charge in [-0.1, -0.05) is 20.8 Å². The van der Waals surface area contributed by atoms with E-state index in [1.54, 1.807) is 10.9 Å². The summed E-state index contributed by atoms with van der Waals surface area (Å²) in [6.45, 7) is 10.3. The molecule has 28 heavy (non-hydrogen) atoms. The van der Waals surface area contributed by atoms with Gasteiger partial charge in [0, 0.05) is 50.7 Å². The normalized spacial score (nSPS) is 20.5. The number of rotatable bonds is 5.